The lowest BCUT2D eigenvalue weighted by atomic mass is 10.1. The van der Waals surface area contributed by atoms with Gasteiger partial charge in [-0.2, -0.15) is 0 Å². The second kappa shape index (κ2) is 5.47. The molecule has 86 valence electrons. The van der Waals surface area contributed by atoms with Crippen molar-refractivity contribution in [1.29, 1.82) is 0 Å². The van der Waals surface area contributed by atoms with Gasteiger partial charge in [-0.25, -0.2) is 4.98 Å². The molecule has 1 aromatic heterocycles. The molecule has 9 heteroatoms. The van der Waals surface area contributed by atoms with Crippen LogP contribution in [0.5, 0.6) is 0 Å². The Hall–Kier alpha value is -1.60. The molecule has 0 aromatic carbocycles. The van der Waals surface area contributed by atoms with Gasteiger partial charge in [-0.3, -0.25) is 4.98 Å². The lowest BCUT2D eigenvalue weighted by Crippen LogP contribution is -2.22. The molecule has 8 nitrogen and oxygen atoms in total. The Labute approximate surface area is 95.3 Å². The van der Waals surface area contributed by atoms with E-state index < -0.39 is 12.2 Å². The summed E-state index contributed by atoms with van der Waals surface area (Å²) in [6, 6.07) is 0. The van der Waals surface area contributed by atoms with Gasteiger partial charge < -0.3 is 15.9 Å². The van der Waals surface area contributed by atoms with E-state index in [0.717, 1.165) is 0 Å². The number of nitrogens with two attached hydrogens (primary N) is 1. The van der Waals surface area contributed by atoms with Crippen LogP contribution in [0.3, 0.4) is 0 Å². The number of aliphatic hydroxyl groups is 2. The molecule has 1 heterocycles. The summed E-state index contributed by atoms with van der Waals surface area (Å²) in [6.45, 7) is -0.292. The van der Waals surface area contributed by atoms with Crippen molar-refractivity contribution in [3.63, 3.8) is 0 Å². The molecule has 0 fully saturated rings. The van der Waals surface area contributed by atoms with E-state index in [9.17, 15) is 10.2 Å². The smallest absolute Gasteiger partial charge is 0.155 e. The van der Waals surface area contributed by atoms with Gasteiger partial charge in [0.2, 0.25) is 0 Å². The zero-order valence-electron chi connectivity index (χ0n) is 8.02. The molecule has 0 amide bonds. The summed E-state index contributed by atoms with van der Waals surface area (Å²) in [7, 11) is 0. The highest BCUT2D eigenvalue weighted by atomic mass is 35.5. The molecule has 2 atom stereocenters. The van der Waals surface area contributed by atoms with Crippen molar-refractivity contribution in [2.75, 3.05) is 12.3 Å². The number of aromatic nitrogens is 2. The van der Waals surface area contributed by atoms with Crippen molar-refractivity contribution < 1.29 is 10.2 Å². The Morgan fingerprint density at radius 2 is 2.31 bits per heavy atom. The topological polar surface area (TPSA) is 141 Å². The Bertz CT molecular complexity index is 421. The number of hydrogen-bond donors (Lipinski definition) is 3. The Kier molecular flexibility index (Phi) is 4.27. The van der Waals surface area contributed by atoms with E-state index >= 15 is 0 Å². The molecule has 0 aliphatic rings. The normalized spacial score (nSPS) is 13.9. The first-order valence-electron chi connectivity index (χ1n) is 4.21. The van der Waals surface area contributed by atoms with Gasteiger partial charge >= 0.3 is 0 Å². The van der Waals surface area contributed by atoms with Crippen LogP contribution in [-0.4, -0.2) is 32.8 Å². The summed E-state index contributed by atoms with van der Waals surface area (Å²) < 4.78 is 0. The molecule has 0 aliphatic carbocycles. The summed E-state index contributed by atoms with van der Waals surface area (Å²) in [4.78, 5) is 9.86. The van der Waals surface area contributed by atoms with Crippen molar-refractivity contribution in [2.24, 2.45) is 5.11 Å². The molecule has 0 spiro atoms. The molecule has 16 heavy (non-hydrogen) atoms. The fourth-order valence-electron chi connectivity index (χ4n) is 0.989. The molecule has 1 aromatic rings. The van der Waals surface area contributed by atoms with Crippen LogP contribution in [0.4, 0.5) is 5.82 Å². The predicted octanol–water partition coefficient (Wildman–Crippen LogP) is 0.417. The number of aliphatic hydroxyl groups excluding tert-OH is 2. The predicted molar refractivity (Wildman–Crippen MR) is 56.4 cm³/mol. The van der Waals surface area contributed by atoms with E-state index in [1.165, 1.54) is 6.20 Å². The van der Waals surface area contributed by atoms with E-state index in [4.69, 9.17) is 22.9 Å². The highest BCUT2D eigenvalue weighted by molar-refractivity contribution is 6.30. The minimum Gasteiger partial charge on any atom is -0.390 e. The van der Waals surface area contributed by atoms with E-state index in [1.54, 1.807) is 0 Å². The lowest BCUT2D eigenvalue weighted by Gasteiger charge is -2.15. The van der Waals surface area contributed by atoms with E-state index in [0.29, 0.717) is 0 Å². The zero-order chi connectivity index (χ0) is 12.1. The maximum absolute atomic E-state index is 9.63. The number of nitrogen functional groups attached to an aromatic ring is 1. The fraction of sp³-hybridized carbons (Fsp3) is 0.429. The number of azide groups is 1. The van der Waals surface area contributed by atoms with Crippen molar-refractivity contribution in [3.8, 4) is 0 Å². The quantitative estimate of drug-likeness (QED) is 0.400. The van der Waals surface area contributed by atoms with Crippen LogP contribution in [0.2, 0.25) is 5.15 Å². The van der Waals surface area contributed by atoms with Crippen LogP contribution in [0, 0.1) is 0 Å². The van der Waals surface area contributed by atoms with E-state index in [2.05, 4.69) is 20.0 Å². The van der Waals surface area contributed by atoms with Crippen LogP contribution < -0.4 is 5.73 Å². The van der Waals surface area contributed by atoms with Crippen molar-refractivity contribution in [3.05, 3.63) is 27.5 Å². The largest absolute Gasteiger partial charge is 0.390 e. The molecule has 0 saturated heterocycles. The van der Waals surface area contributed by atoms with Crippen molar-refractivity contribution in [2.45, 2.75) is 12.2 Å². The molecule has 2 unspecified atom stereocenters. The van der Waals surface area contributed by atoms with E-state index in [1.807, 2.05) is 0 Å². The van der Waals surface area contributed by atoms with E-state index in [-0.39, 0.29) is 23.2 Å². The number of halogens is 1. The van der Waals surface area contributed by atoms with Gasteiger partial charge in [-0.05, 0) is 5.53 Å². The van der Waals surface area contributed by atoms with Crippen LogP contribution in [-0.2, 0) is 0 Å². The van der Waals surface area contributed by atoms with Gasteiger partial charge in [-0.1, -0.05) is 16.7 Å². The molecular weight excluding hydrogens is 236 g/mol. The highest BCUT2D eigenvalue weighted by Gasteiger charge is 2.22. The minimum absolute atomic E-state index is 0.0171. The van der Waals surface area contributed by atoms with Crippen LogP contribution >= 0.6 is 11.6 Å². The average molecular weight is 245 g/mol. The third-order valence-electron chi connectivity index (χ3n) is 1.75. The maximum Gasteiger partial charge on any atom is 0.155 e. The van der Waals surface area contributed by atoms with Crippen LogP contribution in [0.1, 0.15) is 11.8 Å². The Morgan fingerprint density at radius 1 is 1.62 bits per heavy atom. The fourth-order valence-corrected chi connectivity index (χ4v) is 1.25. The molecule has 0 aliphatic heterocycles. The van der Waals surface area contributed by atoms with Crippen molar-refractivity contribution in [1.82, 2.24) is 9.97 Å². The summed E-state index contributed by atoms with van der Waals surface area (Å²) in [5.74, 6) is 0.102. The van der Waals surface area contributed by atoms with Gasteiger partial charge in [0.25, 0.3) is 0 Å². The summed E-state index contributed by atoms with van der Waals surface area (Å²) in [5, 5.41) is 22.1. The average Bonchev–Trinajstić information content (AvgIpc) is 2.25. The second-order valence-corrected chi connectivity index (χ2v) is 3.25. The first kappa shape index (κ1) is 12.5. The molecule has 0 saturated carbocycles. The van der Waals surface area contributed by atoms with Crippen molar-refractivity contribution >= 4 is 17.4 Å². The monoisotopic (exact) mass is 244 g/mol. The summed E-state index contributed by atoms with van der Waals surface area (Å²) in [6.07, 6.45) is -1.48. The maximum atomic E-state index is 9.63. The minimum atomic E-state index is -1.38. The molecule has 1 rings (SSSR count). The number of anilines is 1. The number of hydrogen-bond acceptors (Lipinski definition) is 6. The first-order valence-corrected chi connectivity index (χ1v) is 4.59. The first-order chi connectivity index (χ1) is 7.56. The standard InChI is InChI=1S/C7H9ClN6O2/c8-7-5(11-2-4(9)13-7)6(16)3(15)1-12-14-10/h2-3,6,15-16H,1H2,(H2,9,13). The van der Waals surface area contributed by atoms with Gasteiger partial charge in [0.05, 0.1) is 18.8 Å². The molecule has 0 radical (unpaired) electrons. The Morgan fingerprint density at radius 3 is 2.88 bits per heavy atom. The summed E-state index contributed by atoms with van der Waals surface area (Å²) in [5.41, 5.74) is 13.4. The SMILES string of the molecule is [N-]=[N+]=NCC(O)C(O)c1ncc(N)nc1Cl. The lowest BCUT2D eigenvalue weighted by molar-refractivity contribution is 0.0216. The molecular formula is C7H9ClN6O2. The van der Waals surface area contributed by atoms with Gasteiger partial charge in [-0.15, -0.1) is 0 Å². The highest BCUT2D eigenvalue weighted by Crippen LogP contribution is 2.22. The third-order valence-corrected chi connectivity index (χ3v) is 2.03. The van der Waals surface area contributed by atoms with Gasteiger partial charge in [0.15, 0.2) is 5.15 Å². The van der Waals surface area contributed by atoms with Crippen LogP contribution in [0.25, 0.3) is 10.4 Å². The number of nitrogens with zero attached hydrogens (tertiary/aromatic N) is 5. The van der Waals surface area contributed by atoms with Gasteiger partial charge in [0.1, 0.15) is 17.6 Å². The van der Waals surface area contributed by atoms with Crippen LogP contribution in [0.15, 0.2) is 11.3 Å². The third kappa shape index (κ3) is 2.94. The van der Waals surface area contributed by atoms with Gasteiger partial charge in [0, 0.05) is 4.91 Å². The Balaban J connectivity index is 2.86. The number of rotatable bonds is 4. The molecule has 4 N–H and O–H groups in total. The zero-order valence-corrected chi connectivity index (χ0v) is 8.78. The second-order valence-electron chi connectivity index (χ2n) is 2.90. The summed E-state index contributed by atoms with van der Waals surface area (Å²) >= 11 is 5.67. The molecule has 0 bridgehead atoms.